The third-order valence-corrected chi connectivity index (χ3v) is 4.79. The van der Waals surface area contributed by atoms with Gasteiger partial charge in [-0.05, 0) is 19.3 Å². The molecular weight excluding hydrogens is 304 g/mol. The lowest BCUT2D eigenvalue weighted by molar-refractivity contribution is -0.133. The van der Waals surface area contributed by atoms with E-state index in [4.69, 9.17) is 0 Å². The molecule has 0 spiro atoms. The molecule has 0 bridgehead atoms. The zero-order valence-electron chi connectivity index (χ0n) is 13.6. The average Bonchev–Trinajstić information content (AvgIpc) is 2.76. The molecule has 0 fully saturated rings. The van der Waals surface area contributed by atoms with Crippen LogP contribution < -0.4 is 0 Å². The number of aromatic nitrogens is 3. The molecule has 2 heterocycles. The maximum absolute atomic E-state index is 12.3. The van der Waals surface area contributed by atoms with Crippen molar-refractivity contribution < 1.29 is 13.2 Å². The lowest BCUT2D eigenvalue weighted by Gasteiger charge is -2.35. The zero-order valence-corrected chi connectivity index (χ0v) is 14.4. The molecular formula is C14H24N4O3S. The molecule has 0 saturated carbocycles. The monoisotopic (exact) mass is 328 g/mol. The molecule has 1 aromatic rings. The first-order valence-corrected chi connectivity index (χ1v) is 9.59. The van der Waals surface area contributed by atoms with Crippen LogP contribution in [0.4, 0.5) is 0 Å². The van der Waals surface area contributed by atoms with Crippen LogP contribution in [0.1, 0.15) is 44.4 Å². The number of amides is 1. The standard InChI is InChI=1S/C14H24N4O3S/c1-10(2)7-12-8-17(14(19)5-6-22(4,20)21)9-13-16-15-11(3)18(12)13/h10,12H,5-9H2,1-4H3/t12-/m0/s1. The van der Waals surface area contributed by atoms with E-state index in [9.17, 15) is 13.2 Å². The molecule has 0 aliphatic carbocycles. The molecule has 7 nitrogen and oxygen atoms in total. The van der Waals surface area contributed by atoms with Gasteiger partial charge in [0.1, 0.15) is 15.7 Å². The Morgan fingerprint density at radius 2 is 2.05 bits per heavy atom. The van der Waals surface area contributed by atoms with Gasteiger partial charge in [0.25, 0.3) is 0 Å². The van der Waals surface area contributed by atoms with Crippen molar-refractivity contribution in [1.29, 1.82) is 0 Å². The maximum Gasteiger partial charge on any atom is 0.224 e. The van der Waals surface area contributed by atoms with Gasteiger partial charge in [-0.3, -0.25) is 4.79 Å². The number of rotatable bonds is 5. The van der Waals surface area contributed by atoms with Crippen LogP contribution in [0.5, 0.6) is 0 Å². The molecule has 1 amide bonds. The highest BCUT2D eigenvalue weighted by Gasteiger charge is 2.30. The number of carbonyl (C=O) groups excluding carboxylic acids is 1. The second kappa shape index (κ2) is 6.36. The summed E-state index contributed by atoms with van der Waals surface area (Å²) < 4.78 is 24.6. The summed E-state index contributed by atoms with van der Waals surface area (Å²) in [4.78, 5) is 14.0. The van der Waals surface area contributed by atoms with E-state index in [-0.39, 0.29) is 24.1 Å². The van der Waals surface area contributed by atoms with Gasteiger partial charge in [0.2, 0.25) is 5.91 Å². The molecule has 1 aliphatic rings. The molecule has 0 unspecified atom stereocenters. The van der Waals surface area contributed by atoms with Gasteiger partial charge in [-0.25, -0.2) is 8.42 Å². The summed E-state index contributed by atoms with van der Waals surface area (Å²) in [6.45, 7) is 7.20. The van der Waals surface area contributed by atoms with Crippen LogP contribution in [0.25, 0.3) is 0 Å². The molecule has 0 N–H and O–H groups in total. The van der Waals surface area contributed by atoms with Gasteiger partial charge in [0.05, 0.1) is 18.3 Å². The second-order valence-electron chi connectivity index (χ2n) is 6.47. The fourth-order valence-corrected chi connectivity index (χ4v) is 3.46. The fourth-order valence-electron chi connectivity index (χ4n) is 2.91. The Labute approximate surface area is 131 Å². The van der Waals surface area contributed by atoms with E-state index in [1.165, 1.54) is 0 Å². The summed E-state index contributed by atoms with van der Waals surface area (Å²) in [5.41, 5.74) is 0. The number of sulfone groups is 1. The minimum absolute atomic E-state index is 0.0281. The third kappa shape index (κ3) is 4.06. The van der Waals surface area contributed by atoms with Crippen LogP contribution >= 0.6 is 0 Å². The van der Waals surface area contributed by atoms with E-state index in [0.29, 0.717) is 19.0 Å². The summed E-state index contributed by atoms with van der Waals surface area (Å²) in [5, 5.41) is 8.27. The van der Waals surface area contributed by atoms with Crippen molar-refractivity contribution in [3.63, 3.8) is 0 Å². The third-order valence-electron chi connectivity index (χ3n) is 3.85. The number of nitrogens with zero attached hydrogens (tertiary/aromatic N) is 4. The number of aryl methyl sites for hydroxylation is 1. The van der Waals surface area contributed by atoms with Crippen LogP contribution in [0.3, 0.4) is 0 Å². The summed E-state index contributed by atoms with van der Waals surface area (Å²) in [6, 6.07) is 0.154. The predicted molar refractivity (Wildman–Crippen MR) is 83.0 cm³/mol. The second-order valence-corrected chi connectivity index (χ2v) is 8.73. The number of hydrogen-bond donors (Lipinski definition) is 0. The molecule has 0 aromatic carbocycles. The highest BCUT2D eigenvalue weighted by atomic mass is 32.2. The van der Waals surface area contributed by atoms with E-state index in [1.54, 1.807) is 4.90 Å². The minimum atomic E-state index is -3.13. The normalized spacial score (nSPS) is 18.6. The molecule has 22 heavy (non-hydrogen) atoms. The quantitative estimate of drug-likeness (QED) is 0.803. The van der Waals surface area contributed by atoms with Gasteiger partial charge in [-0.1, -0.05) is 13.8 Å². The lowest BCUT2D eigenvalue weighted by atomic mass is 10.0. The van der Waals surface area contributed by atoms with Crippen molar-refractivity contribution in [3.05, 3.63) is 11.6 Å². The van der Waals surface area contributed by atoms with Crippen LogP contribution in [0.2, 0.25) is 0 Å². The Morgan fingerprint density at radius 1 is 1.36 bits per heavy atom. The Hall–Kier alpha value is -1.44. The van der Waals surface area contributed by atoms with Crippen LogP contribution in [0.15, 0.2) is 0 Å². The van der Waals surface area contributed by atoms with Gasteiger partial charge in [0.15, 0.2) is 5.82 Å². The predicted octanol–water partition coefficient (Wildman–Crippen LogP) is 0.951. The molecule has 0 saturated heterocycles. The van der Waals surface area contributed by atoms with Crippen molar-refractivity contribution in [3.8, 4) is 0 Å². The SMILES string of the molecule is Cc1nnc2n1[C@@H](CC(C)C)CN(C(=O)CCS(C)(=O)=O)C2. The number of hydrogen-bond acceptors (Lipinski definition) is 5. The summed E-state index contributed by atoms with van der Waals surface area (Å²) in [5.74, 6) is 1.89. The van der Waals surface area contributed by atoms with Crippen molar-refractivity contribution in [2.45, 2.75) is 46.2 Å². The average molecular weight is 328 g/mol. The van der Waals surface area contributed by atoms with Crippen molar-refractivity contribution in [2.24, 2.45) is 5.92 Å². The van der Waals surface area contributed by atoms with Gasteiger partial charge in [-0.15, -0.1) is 10.2 Å². The molecule has 1 aromatic heterocycles. The van der Waals surface area contributed by atoms with Crippen molar-refractivity contribution in [1.82, 2.24) is 19.7 Å². The molecule has 1 atom stereocenters. The van der Waals surface area contributed by atoms with E-state index >= 15 is 0 Å². The summed E-state index contributed by atoms with van der Waals surface area (Å²) >= 11 is 0. The summed E-state index contributed by atoms with van der Waals surface area (Å²) in [6.07, 6.45) is 2.11. The molecule has 2 rings (SSSR count). The van der Waals surface area contributed by atoms with Gasteiger partial charge in [-0.2, -0.15) is 0 Å². The minimum Gasteiger partial charge on any atom is -0.333 e. The lowest BCUT2D eigenvalue weighted by Crippen LogP contribution is -2.42. The highest BCUT2D eigenvalue weighted by Crippen LogP contribution is 2.27. The first-order chi connectivity index (χ1) is 10.2. The van der Waals surface area contributed by atoms with Crippen molar-refractivity contribution in [2.75, 3.05) is 18.6 Å². The Morgan fingerprint density at radius 3 is 2.64 bits per heavy atom. The molecule has 124 valence electrons. The summed E-state index contributed by atoms with van der Waals surface area (Å²) in [7, 11) is -3.13. The van der Waals surface area contributed by atoms with Gasteiger partial charge in [0, 0.05) is 19.2 Å². The van der Waals surface area contributed by atoms with E-state index < -0.39 is 9.84 Å². The Balaban J connectivity index is 2.14. The Bertz CT molecular complexity index is 651. The highest BCUT2D eigenvalue weighted by molar-refractivity contribution is 7.90. The first-order valence-electron chi connectivity index (χ1n) is 7.53. The fraction of sp³-hybridized carbons (Fsp3) is 0.786. The molecule has 8 heteroatoms. The molecule has 1 aliphatic heterocycles. The van der Waals surface area contributed by atoms with E-state index in [2.05, 4.69) is 28.6 Å². The number of fused-ring (bicyclic) bond motifs is 1. The topological polar surface area (TPSA) is 85.2 Å². The largest absolute Gasteiger partial charge is 0.333 e. The number of carbonyl (C=O) groups is 1. The Kier molecular flexibility index (Phi) is 4.89. The van der Waals surface area contributed by atoms with Gasteiger partial charge < -0.3 is 9.47 Å². The van der Waals surface area contributed by atoms with Crippen molar-refractivity contribution >= 4 is 15.7 Å². The molecule has 0 radical (unpaired) electrons. The van der Waals surface area contributed by atoms with Crippen LogP contribution in [-0.4, -0.2) is 52.5 Å². The van der Waals surface area contributed by atoms with Gasteiger partial charge >= 0.3 is 0 Å². The van der Waals surface area contributed by atoms with E-state index in [1.807, 2.05) is 6.92 Å². The maximum atomic E-state index is 12.3. The van der Waals surface area contributed by atoms with E-state index in [0.717, 1.165) is 24.3 Å². The van der Waals surface area contributed by atoms with Crippen LogP contribution in [0, 0.1) is 12.8 Å². The zero-order chi connectivity index (χ0) is 16.5. The van der Waals surface area contributed by atoms with Crippen LogP contribution in [-0.2, 0) is 21.2 Å². The smallest absolute Gasteiger partial charge is 0.224 e. The first kappa shape index (κ1) is 16.9.